The molecule has 1 atom stereocenters. The number of aromatic nitrogens is 2. The minimum atomic E-state index is -0.0821. The van der Waals surface area contributed by atoms with Crippen LogP contribution in [-0.4, -0.2) is 16.6 Å². The van der Waals surface area contributed by atoms with Gasteiger partial charge >= 0.3 is 0 Å². The molecule has 1 aliphatic heterocycles. The Labute approximate surface area is 59.1 Å². The monoisotopic (exact) mass is 136 g/mol. The molecular formula is C7H8N2O. The summed E-state index contributed by atoms with van der Waals surface area (Å²) in [5.41, 5.74) is 0.983. The maximum absolute atomic E-state index is 5.20. The third kappa shape index (κ3) is 0.789. The van der Waals surface area contributed by atoms with Crippen molar-refractivity contribution in [3.05, 3.63) is 24.3 Å². The van der Waals surface area contributed by atoms with Crippen molar-refractivity contribution < 1.29 is 4.74 Å². The first-order valence-corrected chi connectivity index (χ1v) is 3.21. The molecule has 3 heteroatoms. The quantitative estimate of drug-likeness (QED) is 0.534. The van der Waals surface area contributed by atoms with E-state index in [1.807, 2.05) is 6.92 Å². The van der Waals surface area contributed by atoms with E-state index in [1.54, 1.807) is 12.4 Å². The molecule has 3 nitrogen and oxygen atoms in total. The van der Waals surface area contributed by atoms with Crippen LogP contribution in [0.2, 0.25) is 0 Å². The van der Waals surface area contributed by atoms with Crippen LogP contribution < -0.4 is 0 Å². The zero-order chi connectivity index (χ0) is 7.03. The van der Waals surface area contributed by atoms with Gasteiger partial charge in [0.25, 0.3) is 0 Å². The molecule has 0 amide bonds. The molecule has 0 spiro atoms. The Morgan fingerprint density at radius 2 is 2.10 bits per heavy atom. The summed E-state index contributed by atoms with van der Waals surface area (Å²) in [6.07, 6.45) is 5.11. The van der Waals surface area contributed by atoms with Crippen molar-refractivity contribution >= 4 is 0 Å². The zero-order valence-electron chi connectivity index (χ0n) is 5.74. The van der Waals surface area contributed by atoms with Crippen LogP contribution in [0.4, 0.5) is 0 Å². The second kappa shape index (κ2) is 1.76. The molecule has 0 aromatic carbocycles. The number of rotatable bonds is 1. The Morgan fingerprint density at radius 3 is 2.60 bits per heavy atom. The molecule has 10 heavy (non-hydrogen) atoms. The number of nitrogens with zero attached hydrogens (tertiary/aromatic N) is 2. The molecule has 1 aromatic rings. The van der Waals surface area contributed by atoms with Crippen LogP contribution in [0.5, 0.6) is 0 Å². The minimum Gasteiger partial charge on any atom is -0.365 e. The van der Waals surface area contributed by atoms with Crippen LogP contribution in [0.1, 0.15) is 12.5 Å². The van der Waals surface area contributed by atoms with Gasteiger partial charge in [0.05, 0.1) is 6.61 Å². The average Bonchev–Trinajstić information content (AvgIpc) is 2.72. The summed E-state index contributed by atoms with van der Waals surface area (Å²) in [7, 11) is 0. The van der Waals surface area contributed by atoms with Crippen LogP contribution in [0, 0.1) is 0 Å². The van der Waals surface area contributed by atoms with E-state index in [0.29, 0.717) is 0 Å². The van der Waals surface area contributed by atoms with E-state index in [4.69, 9.17) is 4.74 Å². The van der Waals surface area contributed by atoms with Crippen molar-refractivity contribution in [2.45, 2.75) is 12.5 Å². The fraction of sp³-hybridized carbons (Fsp3) is 0.429. The molecule has 0 N–H and O–H groups in total. The Morgan fingerprint density at radius 1 is 1.50 bits per heavy atom. The van der Waals surface area contributed by atoms with E-state index in [9.17, 15) is 0 Å². The van der Waals surface area contributed by atoms with Gasteiger partial charge in [-0.15, -0.1) is 0 Å². The Bertz CT molecular complexity index is 231. The van der Waals surface area contributed by atoms with E-state index in [0.717, 1.165) is 12.2 Å². The molecule has 1 fully saturated rings. The highest BCUT2D eigenvalue weighted by atomic mass is 16.6. The lowest BCUT2D eigenvalue weighted by molar-refractivity contribution is 0.328. The van der Waals surface area contributed by atoms with Crippen molar-refractivity contribution in [3.63, 3.8) is 0 Å². The van der Waals surface area contributed by atoms with Crippen molar-refractivity contribution in [3.8, 4) is 0 Å². The van der Waals surface area contributed by atoms with Gasteiger partial charge in [-0.3, -0.25) is 0 Å². The van der Waals surface area contributed by atoms with Gasteiger partial charge < -0.3 is 4.74 Å². The summed E-state index contributed by atoms with van der Waals surface area (Å²) in [6, 6.07) is 0. The maximum Gasteiger partial charge on any atom is 0.117 e. The molecule has 1 aromatic heterocycles. The summed E-state index contributed by atoms with van der Waals surface area (Å²) >= 11 is 0. The molecule has 0 saturated carbocycles. The van der Waals surface area contributed by atoms with E-state index in [2.05, 4.69) is 9.97 Å². The third-order valence-electron chi connectivity index (χ3n) is 1.75. The van der Waals surface area contributed by atoms with Crippen molar-refractivity contribution in [2.24, 2.45) is 0 Å². The molecule has 52 valence electrons. The maximum atomic E-state index is 5.20. The highest BCUT2D eigenvalue weighted by molar-refractivity contribution is 5.18. The average molecular weight is 136 g/mol. The standard InChI is InChI=1S/C7H8N2O/c1-7(4-10-7)6-2-8-5-9-3-6/h2-3,5H,4H2,1H3. The highest BCUT2D eigenvalue weighted by Crippen LogP contribution is 2.36. The Kier molecular flexibility index (Phi) is 1.02. The largest absolute Gasteiger partial charge is 0.365 e. The summed E-state index contributed by atoms with van der Waals surface area (Å²) in [4.78, 5) is 7.80. The van der Waals surface area contributed by atoms with Crippen LogP contribution in [0.25, 0.3) is 0 Å². The highest BCUT2D eigenvalue weighted by Gasteiger charge is 2.41. The van der Waals surface area contributed by atoms with Gasteiger partial charge in [-0.1, -0.05) is 0 Å². The predicted molar refractivity (Wildman–Crippen MR) is 35.3 cm³/mol. The lowest BCUT2D eigenvalue weighted by atomic mass is 10.1. The molecule has 0 bridgehead atoms. The topological polar surface area (TPSA) is 38.3 Å². The fourth-order valence-electron chi connectivity index (χ4n) is 0.847. The van der Waals surface area contributed by atoms with Gasteiger partial charge in [-0.05, 0) is 6.92 Å². The number of epoxide rings is 1. The lowest BCUT2D eigenvalue weighted by Gasteiger charge is -2.00. The molecule has 1 saturated heterocycles. The summed E-state index contributed by atoms with van der Waals surface area (Å²) in [6.45, 7) is 2.83. The predicted octanol–water partition coefficient (Wildman–Crippen LogP) is 0.722. The normalized spacial score (nSPS) is 30.1. The van der Waals surface area contributed by atoms with E-state index >= 15 is 0 Å². The van der Waals surface area contributed by atoms with Crippen molar-refractivity contribution in [1.29, 1.82) is 0 Å². The lowest BCUT2D eigenvalue weighted by Crippen LogP contribution is -2.02. The van der Waals surface area contributed by atoms with Gasteiger partial charge in [0.2, 0.25) is 0 Å². The number of ether oxygens (including phenoxy) is 1. The third-order valence-corrected chi connectivity index (χ3v) is 1.75. The van der Waals surface area contributed by atoms with Gasteiger partial charge in [0.1, 0.15) is 11.9 Å². The van der Waals surface area contributed by atoms with Gasteiger partial charge in [-0.2, -0.15) is 0 Å². The molecule has 2 rings (SSSR count). The molecular weight excluding hydrogens is 128 g/mol. The van der Waals surface area contributed by atoms with Crippen molar-refractivity contribution in [1.82, 2.24) is 9.97 Å². The molecule has 1 aliphatic rings. The van der Waals surface area contributed by atoms with Crippen LogP contribution >= 0.6 is 0 Å². The minimum absolute atomic E-state index is 0.0821. The summed E-state index contributed by atoms with van der Waals surface area (Å²) in [5, 5.41) is 0. The first-order valence-electron chi connectivity index (χ1n) is 3.21. The second-order valence-electron chi connectivity index (χ2n) is 2.65. The summed E-state index contributed by atoms with van der Waals surface area (Å²) < 4.78 is 5.20. The van der Waals surface area contributed by atoms with Crippen LogP contribution in [-0.2, 0) is 10.3 Å². The Hall–Kier alpha value is -0.960. The van der Waals surface area contributed by atoms with Crippen LogP contribution in [0.15, 0.2) is 18.7 Å². The van der Waals surface area contributed by atoms with E-state index < -0.39 is 0 Å². The zero-order valence-corrected chi connectivity index (χ0v) is 5.74. The van der Waals surface area contributed by atoms with Gasteiger partial charge in [0, 0.05) is 18.0 Å². The molecule has 2 heterocycles. The fourth-order valence-corrected chi connectivity index (χ4v) is 0.847. The second-order valence-corrected chi connectivity index (χ2v) is 2.65. The number of hydrogen-bond acceptors (Lipinski definition) is 3. The van der Waals surface area contributed by atoms with E-state index in [1.165, 1.54) is 6.33 Å². The SMILES string of the molecule is CC1(c2cncnc2)CO1. The number of hydrogen-bond donors (Lipinski definition) is 0. The smallest absolute Gasteiger partial charge is 0.117 e. The van der Waals surface area contributed by atoms with Crippen molar-refractivity contribution in [2.75, 3.05) is 6.61 Å². The van der Waals surface area contributed by atoms with Crippen LogP contribution in [0.3, 0.4) is 0 Å². The first-order chi connectivity index (χ1) is 4.81. The van der Waals surface area contributed by atoms with Gasteiger partial charge in [-0.25, -0.2) is 9.97 Å². The van der Waals surface area contributed by atoms with E-state index in [-0.39, 0.29) is 5.60 Å². The molecule has 0 radical (unpaired) electrons. The summed E-state index contributed by atoms with van der Waals surface area (Å²) in [5.74, 6) is 0. The Balaban J connectivity index is 2.35. The first kappa shape index (κ1) is 5.80. The van der Waals surface area contributed by atoms with Gasteiger partial charge in [0.15, 0.2) is 0 Å². The molecule has 0 aliphatic carbocycles. The molecule has 1 unspecified atom stereocenters.